The first kappa shape index (κ1) is 19.1. The lowest BCUT2D eigenvalue weighted by atomic mass is 10.1. The van der Waals surface area contributed by atoms with Gasteiger partial charge in [0.2, 0.25) is 0 Å². The molecule has 30 heavy (non-hydrogen) atoms. The maximum Gasteiger partial charge on any atom is 0.320 e. The molecular formula is C22H19N7O. The van der Waals surface area contributed by atoms with Gasteiger partial charge in [0, 0.05) is 35.1 Å². The van der Waals surface area contributed by atoms with Gasteiger partial charge in [0.25, 0.3) is 0 Å². The number of carbonyl (C=O) groups excluding carboxylic acids is 1. The number of aromatic amines is 1. The Hall–Kier alpha value is -4.25. The zero-order valence-corrected chi connectivity index (χ0v) is 16.5. The highest BCUT2D eigenvalue weighted by Crippen LogP contribution is 2.27. The second-order valence-corrected chi connectivity index (χ2v) is 6.93. The number of hydrogen-bond donors (Lipinski definition) is 3. The zero-order chi connectivity index (χ0) is 21.1. The molecule has 0 bridgehead atoms. The highest BCUT2D eigenvalue weighted by atomic mass is 16.2. The van der Waals surface area contributed by atoms with Crippen molar-refractivity contribution in [2.45, 2.75) is 19.9 Å². The van der Waals surface area contributed by atoms with E-state index in [9.17, 15) is 4.79 Å². The predicted molar refractivity (Wildman–Crippen MR) is 114 cm³/mol. The zero-order valence-electron chi connectivity index (χ0n) is 16.5. The Labute approximate surface area is 173 Å². The summed E-state index contributed by atoms with van der Waals surface area (Å²) >= 11 is 0. The Morgan fingerprint density at radius 2 is 1.97 bits per heavy atom. The fourth-order valence-corrected chi connectivity index (χ4v) is 3.17. The molecule has 148 valence electrons. The van der Waals surface area contributed by atoms with Crippen molar-refractivity contribution in [3.63, 3.8) is 0 Å². The quantitative estimate of drug-likeness (QED) is 0.479. The molecule has 8 nitrogen and oxygen atoms in total. The number of pyridine rings is 2. The second kappa shape index (κ2) is 8.01. The van der Waals surface area contributed by atoms with Gasteiger partial charge in [-0.05, 0) is 43.7 Å². The molecule has 0 aliphatic rings. The van der Waals surface area contributed by atoms with E-state index in [0.717, 1.165) is 33.4 Å². The molecule has 0 unspecified atom stereocenters. The third kappa shape index (κ3) is 3.95. The molecule has 0 saturated carbocycles. The standard InChI is InChI=1S/C22H19N7O/c1-13-9-17(7-8-24-13)21-18-12-25-20(10-19(18)28-29-21)27-22(30)26-14(2)16-5-3-15(11-23)4-6-16/h3-10,12,14H,1-2H3,(H,28,29)(H2,25,26,27,30)/t14-/m1/s1. The average Bonchev–Trinajstić information content (AvgIpc) is 3.17. The van der Waals surface area contributed by atoms with E-state index < -0.39 is 0 Å². The van der Waals surface area contributed by atoms with Crippen LogP contribution in [0.3, 0.4) is 0 Å². The van der Waals surface area contributed by atoms with Gasteiger partial charge in [-0.2, -0.15) is 10.4 Å². The van der Waals surface area contributed by atoms with Crippen LogP contribution in [0.25, 0.3) is 22.2 Å². The fourth-order valence-electron chi connectivity index (χ4n) is 3.17. The van der Waals surface area contributed by atoms with Gasteiger partial charge in [0.1, 0.15) is 11.5 Å². The summed E-state index contributed by atoms with van der Waals surface area (Å²) in [6.07, 6.45) is 3.43. The fraction of sp³-hybridized carbons (Fsp3) is 0.136. The summed E-state index contributed by atoms with van der Waals surface area (Å²) in [5.74, 6) is 0.410. The maximum atomic E-state index is 12.4. The topological polar surface area (TPSA) is 119 Å². The molecule has 4 aromatic rings. The molecular weight excluding hydrogens is 378 g/mol. The van der Waals surface area contributed by atoms with Crippen molar-refractivity contribution < 1.29 is 4.79 Å². The molecule has 3 heterocycles. The van der Waals surface area contributed by atoms with Crippen LogP contribution in [0.4, 0.5) is 10.6 Å². The van der Waals surface area contributed by atoms with Crippen LogP contribution in [0.2, 0.25) is 0 Å². The highest BCUT2D eigenvalue weighted by Gasteiger charge is 2.13. The molecule has 1 aromatic carbocycles. The molecule has 4 rings (SSSR count). The predicted octanol–water partition coefficient (Wildman–Crippen LogP) is 4.08. The maximum absolute atomic E-state index is 12.4. The van der Waals surface area contributed by atoms with Gasteiger partial charge in [-0.1, -0.05) is 12.1 Å². The Morgan fingerprint density at radius 1 is 1.17 bits per heavy atom. The van der Waals surface area contributed by atoms with Crippen molar-refractivity contribution >= 4 is 22.8 Å². The third-order valence-corrected chi connectivity index (χ3v) is 4.75. The van der Waals surface area contributed by atoms with E-state index in [0.29, 0.717) is 11.4 Å². The van der Waals surface area contributed by atoms with Crippen LogP contribution in [0.5, 0.6) is 0 Å². The third-order valence-electron chi connectivity index (χ3n) is 4.75. The first-order valence-corrected chi connectivity index (χ1v) is 9.38. The smallest absolute Gasteiger partial charge is 0.320 e. The largest absolute Gasteiger partial charge is 0.331 e. The van der Waals surface area contributed by atoms with Crippen molar-refractivity contribution in [1.82, 2.24) is 25.5 Å². The number of nitrogens with one attached hydrogen (secondary N) is 3. The number of H-pyrrole nitrogens is 1. The van der Waals surface area contributed by atoms with E-state index >= 15 is 0 Å². The minimum atomic E-state index is -0.372. The van der Waals surface area contributed by atoms with Gasteiger partial charge < -0.3 is 5.32 Å². The van der Waals surface area contributed by atoms with Crippen LogP contribution >= 0.6 is 0 Å². The summed E-state index contributed by atoms with van der Waals surface area (Å²) in [5, 5.41) is 22.7. The lowest BCUT2D eigenvalue weighted by Crippen LogP contribution is -2.31. The second-order valence-electron chi connectivity index (χ2n) is 6.93. The normalized spacial score (nSPS) is 11.6. The van der Waals surface area contributed by atoms with Crippen molar-refractivity contribution in [2.75, 3.05) is 5.32 Å². The summed E-state index contributed by atoms with van der Waals surface area (Å²) in [6.45, 7) is 3.80. The number of amides is 2. The summed E-state index contributed by atoms with van der Waals surface area (Å²) in [5.41, 5.74) is 4.89. The van der Waals surface area contributed by atoms with Gasteiger partial charge in [0.05, 0.1) is 23.2 Å². The van der Waals surface area contributed by atoms with Crippen LogP contribution < -0.4 is 10.6 Å². The lowest BCUT2D eigenvalue weighted by molar-refractivity contribution is 0.249. The van der Waals surface area contributed by atoms with E-state index in [1.165, 1.54) is 0 Å². The molecule has 0 spiro atoms. The number of anilines is 1. The summed E-state index contributed by atoms with van der Waals surface area (Å²) in [6, 6.07) is 14.2. The monoisotopic (exact) mass is 397 g/mol. The van der Waals surface area contributed by atoms with Crippen molar-refractivity contribution in [3.8, 4) is 17.3 Å². The van der Waals surface area contributed by atoms with Crippen molar-refractivity contribution in [3.05, 3.63) is 71.7 Å². The number of carbonyl (C=O) groups is 1. The molecule has 0 fully saturated rings. The van der Waals surface area contributed by atoms with Crippen LogP contribution in [0.1, 0.15) is 29.8 Å². The van der Waals surface area contributed by atoms with E-state index in [2.05, 4.69) is 36.9 Å². The molecule has 0 saturated heterocycles. The average molecular weight is 397 g/mol. The van der Waals surface area contributed by atoms with E-state index in [1.54, 1.807) is 30.6 Å². The van der Waals surface area contributed by atoms with E-state index in [4.69, 9.17) is 5.26 Å². The van der Waals surface area contributed by atoms with E-state index in [1.807, 2.05) is 38.1 Å². The van der Waals surface area contributed by atoms with Crippen LogP contribution in [-0.4, -0.2) is 26.2 Å². The van der Waals surface area contributed by atoms with Crippen molar-refractivity contribution in [2.24, 2.45) is 0 Å². The number of nitrogens with zero attached hydrogens (tertiary/aromatic N) is 4. The molecule has 0 aliphatic heterocycles. The number of rotatable bonds is 4. The van der Waals surface area contributed by atoms with Gasteiger partial charge in [-0.15, -0.1) is 0 Å². The Bertz CT molecular complexity index is 1250. The molecule has 3 N–H and O–H groups in total. The Kier molecular flexibility index (Phi) is 5.09. The number of fused-ring (bicyclic) bond motifs is 1. The SMILES string of the molecule is Cc1cc(-c2n[nH]c3cc(NC(=O)N[C@H](C)c4ccc(C#N)cc4)ncc23)ccn1. The number of urea groups is 1. The summed E-state index contributed by atoms with van der Waals surface area (Å²) in [4.78, 5) is 20.9. The number of hydrogen-bond acceptors (Lipinski definition) is 5. The molecule has 8 heteroatoms. The summed E-state index contributed by atoms with van der Waals surface area (Å²) in [7, 11) is 0. The van der Waals surface area contributed by atoms with Gasteiger partial charge >= 0.3 is 6.03 Å². The number of aromatic nitrogens is 4. The Balaban J connectivity index is 1.47. The van der Waals surface area contributed by atoms with E-state index in [-0.39, 0.29) is 12.1 Å². The van der Waals surface area contributed by atoms with Crippen LogP contribution in [0, 0.1) is 18.3 Å². The number of nitriles is 1. The molecule has 1 atom stereocenters. The molecule has 2 amide bonds. The van der Waals surface area contributed by atoms with Gasteiger partial charge in [0.15, 0.2) is 0 Å². The van der Waals surface area contributed by atoms with Crippen LogP contribution in [-0.2, 0) is 0 Å². The first-order chi connectivity index (χ1) is 14.5. The number of benzene rings is 1. The van der Waals surface area contributed by atoms with Crippen LogP contribution in [0.15, 0.2) is 54.9 Å². The highest BCUT2D eigenvalue weighted by molar-refractivity contribution is 5.95. The Morgan fingerprint density at radius 3 is 2.70 bits per heavy atom. The minimum absolute atomic E-state index is 0.227. The minimum Gasteiger partial charge on any atom is -0.331 e. The van der Waals surface area contributed by atoms with Gasteiger partial charge in [-0.25, -0.2) is 9.78 Å². The van der Waals surface area contributed by atoms with Crippen molar-refractivity contribution in [1.29, 1.82) is 5.26 Å². The molecule has 0 radical (unpaired) electrons. The first-order valence-electron chi connectivity index (χ1n) is 9.38. The van der Waals surface area contributed by atoms with Gasteiger partial charge in [-0.3, -0.25) is 15.4 Å². The lowest BCUT2D eigenvalue weighted by Gasteiger charge is -2.15. The molecule has 0 aliphatic carbocycles. The molecule has 3 aromatic heterocycles. The summed E-state index contributed by atoms with van der Waals surface area (Å²) < 4.78 is 0. The number of aryl methyl sites for hydroxylation is 1.